The third-order valence-corrected chi connectivity index (χ3v) is 3.97. The van der Waals surface area contributed by atoms with Gasteiger partial charge in [0.25, 0.3) is 0 Å². The number of hydrogen-bond acceptors (Lipinski definition) is 4. The molecule has 0 aromatic heterocycles. The topological polar surface area (TPSA) is 27.7 Å². The van der Waals surface area contributed by atoms with Crippen LogP contribution < -0.4 is 5.32 Å². The van der Waals surface area contributed by atoms with Crippen LogP contribution in [0.15, 0.2) is 0 Å². The summed E-state index contributed by atoms with van der Waals surface area (Å²) >= 11 is 0. The molecule has 0 bridgehead atoms. The highest BCUT2D eigenvalue weighted by atomic mass is 16.5. The van der Waals surface area contributed by atoms with Crippen LogP contribution in [0.4, 0.5) is 0 Å². The minimum Gasteiger partial charge on any atom is -0.381 e. The number of likely N-dealkylation sites (N-methyl/N-ethyl adjacent to an activating group) is 2. The van der Waals surface area contributed by atoms with Crippen molar-refractivity contribution in [1.29, 1.82) is 0 Å². The lowest BCUT2D eigenvalue weighted by Crippen LogP contribution is -2.48. The Labute approximate surface area is 119 Å². The molecule has 0 aromatic rings. The fourth-order valence-electron chi connectivity index (χ4n) is 2.64. The van der Waals surface area contributed by atoms with Crippen molar-refractivity contribution in [2.24, 2.45) is 5.41 Å². The first-order chi connectivity index (χ1) is 8.93. The summed E-state index contributed by atoms with van der Waals surface area (Å²) in [5, 5.41) is 3.63. The van der Waals surface area contributed by atoms with Crippen LogP contribution in [-0.2, 0) is 4.74 Å². The van der Waals surface area contributed by atoms with Crippen molar-refractivity contribution in [2.45, 2.75) is 32.7 Å². The van der Waals surface area contributed by atoms with E-state index in [1.165, 1.54) is 19.4 Å². The number of nitrogens with one attached hydrogen (secondary N) is 1. The summed E-state index contributed by atoms with van der Waals surface area (Å²) in [5.74, 6) is 0. The van der Waals surface area contributed by atoms with Gasteiger partial charge in [-0.25, -0.2) is 0 Å². The molecule has 0 aromatic carbocycles. The Bertz CT molecular complexity index is 238. The smallest absolute Gasteiger partial charge is 0.0472 e. The summed E-state index contributed by atoms with van der Waals surface area (Å²) in [6.07, 6.45) is 2.36. The largest absolute Gasteiger partial charge is 0.381 e. The van der Waals surface area contributed by atoms with E-state index >= 15 is 0 Å². The Hall–Kier alpha value is -0.160. The first kappa shape index (κ1) is 16.9. The molecule has 0 aliphatic carbocycles. The third-order valence-electron chi connectivity index (χ3n) is 3.97. The quantitative estimate of drug-likeness (QED) is 0.720. The van der Waals surface area contributed by atoms with Crippen LogP contribution in [0.2, 0.25) is 0 Å². The van der Waals surface area contributed by atoms with E-state index in [1.54, 1.807) is 0 Å². The van der Waals surface area contributed by atoms with E-state index < -0.39 is 0 Å². The zero-order valence-corrected chi connectivity index (χ0v) is 13.5. The fourth-order valence-corrected chi connectivity index (χ4v) is 2.64. The van der Waals surface area contributed by atoms with Gasteiger partial charge < -0.3 is 19.9 Å². The summed E-state index contributed by atoms with van der Waals surface area (Å²) in [4.78, 5) is 4.73. The first-order valence-corrected chi connectivity index (χ1v) is 7.58. The molecule has 1 aliphatic heterocycles. The van der Waals surface area contributed by atoms with Crippen LogP contribution in [0.25, 0.3) is 0 Å². The second-order valence-electron chi connectivity index (χ2n) is 6.69. The second kappa shape index (κ2) is 8.20. The Morgan fingerprint density at radius 2 is 1.74 bits per heavy atom. The van der Waals surface area contributed by atoms with E-state index in [9.17, 15) is 0 Å². The van der Waals surface area contributed by atoms with Gasteiger partial charge in [0.2, 0.25) is 0 Å². The molecule has 4 nitrogen and oxygen atoms in total. The van der Waals surface area contributed by atoms with Crippen molar-refractivity contribution >= 4 is 0 Å². The van der Waals surface area contributed by atoms with Gasteiger partial charge in [-0.05, 0) is 39.4 Å². The molecule has 1 fully saturated rings. The van der Waals surface area contributed by atoms with Crippen molar-refractivity contribution in [3.05, 3.63) is 0 Å². The van der Waals surface area contributed by atoms with Crippen molar-refractivity contribution in [3.63, 3.8) is 0 Å². The van der Waals surface area contributed by atoms with Crippen molar-refractivity contribution in [2.75, 3.05) is 60.5 Å². The Kier molecular flexibility index (Phi) is 7.29. The van der Waals surface area contributed by atoms with Crippen molar-refractivity contribution < 1.29 is 4.74 Å². The third kappa shape index (κ3) is 6.70. The van der Waals surface area contributed by atoms with Crippen LogP contribution in [0.5, 0.6) is 0 Å². The van der Waals surface area contributed by atoms with Gasteiger partial charge in [-0.2, -0.15) is 0 Å². The lowest BCUT2D eigenvalue weighted by Gasteiger charge is -2.41. The van der Waals surface area contributed by atoms with Crippen molar-refractivity contribution in [1.82, 2.24) is 15.1 Å². The molecule has 1 saturated heterocycles. The molecule has 0 unspecified atom stereocenters. The number of ether oxygens (including phenoxy) is 1. The average molecular weight is 271 g/mol. The Morgan fingerprint density at radius 1 is 1.11 bits per heavy atom. The molecule has 0 spiro atoms. The fraction of sp³-hybridized carbons (Fsp3) is 1.00. The van der Waals surface area contributed by atoms with E-state index in [4.69, 9.17) is 4.74 Å². The van der Waals surface area contributed by atoms with Gasteiger partial charge in [-0.15, -0.1) is 0 Å². The second-order valence-corrected chi connectivity index (χ2v) is 6.69. The summed E-state index contributed by atoms with van der Waals surface area (Å²) in [6.45, 7) is 10.8. The lowest BCUT2D eigenvalue weighted by molar-refractivity contribution is -0.00198. The molecule has 0 saturated carbocycles. The summed E-state index contributed by atoms with van der Waals surface area (Å²) in [6, 6.07) is 0.562. The molecule has 1 heterocycles. The molecule has 0 atom stereocenters. The highest BCUT2D eigenvalue weighted by Crippen LogP contribution is 2.30. The normalized spacial score (nSPS) is 19.6. The van der Waals surface area contributed by atoms with Gasteiger partial charge in [0.15, 0.2) is 0 Å². The van der Waals surface area contributed by atoms with Gasteiger partial charge in [0.05, 0.1) is 0 Å². The average Bonchev–Trinajstić information content (AvgIpc) is 2.35. The van der Waals surface area contributed by atoms with Gasteiger partial charge in [-0.1, -0.05) is 13.8 Å². The molecule has 114 valence electrons. The van der Waals surface area contributed by atoms with Gasteiger partial charge >= 0.3 is 0 Å². The van der Waals surface area contributed by atoms with Crippen LogP contribution in [0.1, 0.15) is 26.7 Å². The van der Waals surface area contributed by atoms with Crippen LogP contribution in [0, 0.1) is 5.41 Å². The van der Waals surface area contributed by atoms with E-state index in [2.05, 4.69) is 50.1 Å². The van der Waals surface area contributed by atoms with Crippen LogP contribution in [0.3, 0.4) is 0 Å². The van der Waals surface area contributed by atoms with Crippen LogP contribution in [-0.4, -0.2) is 76.4 Å². The standard InChI is InChI=1S/C15H33N3O/c1-14(2)16-12-15(6-10-19-11-7-15)13-18(5)9-8-17(3)4/h14,16H,6-13H2,1-5H3. The Morgan fingerprint density at radius 3 is 2.26 bits per heavy atom. The lowest BCUT2D eigenvalue weighted by atomic mass is 9.79. The van der Waals surface area contributed by atoms with E-state index in [1.807, 2.05) is 0 Å². The summed E-state index contributed by atoms with van der Waals surface area (Å²) in [5.41, 5.74) is 0.392. The van der Waals surface area contributed by atoms with Crippen LogP contribution >= 0.6 is 0 Å². The number of nitrogens with zero attached hydrogens (tertiary/aromatic N) is 2. The summed E-state index contributed by atoms with van der Waals surface area (Å²) < 4.78 is 5.56. The number of hydrogen-bond donors (Lipinski definition) is 1. The van der Waals surface area contributed by atoms with Gasteiger partial charge in [0.1, 0.15) is 0 Å². The zero-order valence-electron chi connectivity index (χ0n) is 13.5. The molecule has 1 rings (SSSR count). The number of rotatable bonds is 8. The highest BCUT2D eigenvalue weighted by Gasteiger charge is 2.33. The SMILES string of the molecule is CC(C)NCC1(CN(C)CCN(C)C)CCOCC1. The predicted octanol–water partition coefficient (Wildman–Crippen LogP) is 1.27. The predicted molar refractivity (Wildman–Crippen MR) is 81.7 cm³/mol. The van der Waals surface area contributed by atoms with E-state index in [0.29, 0.717) is 11.5 Å². The molecule has 1 aliphatic rings. The maximum absolute atomic E-state index is 5.56. The Balaban J connectivity index is 2.48. The molecule has 19 heavy (non-hydrogen) atoms. The maximum Gasteiger partial charge on any atom is 0.0472 e. The highest BCUT2D eigenvalue weighted by molar-refractivity contribution is 4.87. The zero-order chi connectivity index (χ0) is 14.3. The minimum absolute atomic E-state index is 0.392. The monoisotopic (exact) mass is 271 g/mol. The first-order valence-electron chi connectivity index (χ1n) is 7.58. The summed E-state index contributed by atoms with van der Waals surface area (Å²) in [7, 11) is 6.52. The molecular formula is C15H33N3O. The molecule has 0 radical (unpaired) electrons. The van der Waals surface area contributed by atoms with E-state index in [-0.39, 0.29) is 0 Å². The minimum atomic E-state index is 0.392. The molecule has 4 heteroatoms. The molecular weight excluding hydrogens is 238 g/mol. The molecule has 0 amide bonds. The van der Waals surface area contributed by atoms with E-state index in [0.717, 1.165) is 32.8 Å². The van der Waals surface area contributed by atoms with Crippen molar-refractivity contribution in [3.8, 4) is 0 Å². The maximum atomic E-state index is 5.56. The van der Waals surface area contributed by atoms with Gasteiger partial charge in [0, 0.05) is 45.4 Å². The molecule has 1 N–H and O–H groups in total. The van der Waals surface area contributed by atoms with Gasteiger partial charge in [-0.3, -0.25) is 0 Å².